The fourth-order valence-corrected chi connectivity index (χ4v) is 3.32. The third kappa shape index (κ3) is 3.34. The van der Waals surface area contributed by atoms with Crippen LogP contribution in [0.15, 0.2) is 36.4 Å². The first kappa shape index (κ1) is 16.7. The Kier molecular flexibility index (Phi) is 4.95. The van der Waals surface area contributed by atoms with E-state index in [9.17, 15) is 0 Å². The summed E-state index contributed by atoms with van der Waals surface area (Å²) in [5.41, 5.74) is 5.22. The topological polar surface area (TPSA) is 33.7 Å². The molecule has 0 aliphatic carbocycles. The molecule has 0 fully saturated rings. The molecule has 0 saturated carbocycles. The third-order valence-corrected chi connectivity index (χ3v) is 4.70. The summed E-state index contributed by atoms with van der Waals surface area (Å²) in [6.45, 7) is 0.989. The molecule has 2 aromatic carbocycles. The van der Waals surface area contributed by atoms with Crippen LogP contribution in [0.3, 0.4) is 0 Å². The van der Waals surface area contributed by atoms with Crippen LogP contribution in [-0.2, 0) is 12.8 Å². The number of methoxy groups -OCH3 is 2. The number of rotatable bonds is 5. The van der Waals surface area contributed by atoms with Crippen LogP contribution >= 0.6 is 0 Å². The van der Waals surface area contributed by atoms with Crippen molar-refractivity contribution < 1.29 is 9.47 Å². The summed E-state index contributed by atoms with van der Waals surface area (Å²) in [6.07, 6.45) is 1.99. The van der Waals surface area contributed by atoms with Gasteiger partial charge in [0.2, 0.25) is 0 Å². The molecule has 0 aromatic heterocycles. The van der Waals surface area contributed by atoms with E-state index in [1.54, 1.807) is 14.2 Å². The zero-order valence-corrected chi connectivity index (χ0v) is 14.9. The average Bonchev–Trinajstić information content (AvgIpc) is 2.61. The van der Waals surface area contributed by atoms with Gasteiger partial charge in [-0.3, -0.25) is 0 Å². The first-order chi connectivity index (χ1) is 11.6. The molecule has 1 aliphatic rings. The second-order valence-corrected chi connectivity index (χ2v) is 6.43. The molecule has 4 nitrogen and oxygen atoms in total. The van der Waals surface area contributed by atoms with Crippen molar-refractivity contribution in [3.8, 4) is 11.5 Å². The van der Waals surface area contributed by atoms with E-state index in [-0.39, 0.29) is 0 Å². The lowest BCUT2D eigenvalue weighted by Crippen LogP contribution is -2.31. The predicted molar refractivity (Wildman–Crippen MR) is 98.5 cm³/mol. The minimum atomic E-state index is 0.304. The van der Waals surface area contributed by atoms with Crippen LogP contribution < -0.4 is 19.7 Å². The van der Waals surface area contributed by atoms with E-state index < -0.39 is 0 Å². The Hall–Kier alpha value is -2.20. The number of benzene rings is 2. The quantitative estimate of drug-likeness (QED) is 0.915. The zero-order chi connectivity index (χ0) is 17.1. The van der Waals surface area contributed by atoms with Gasteiger partial charge in [-0.15, -0.1) is 0 Å². The first-order valence-electron chi connectivity index (χ1n) is 8.37. The Balaban J connectivity index is 1.86. The molecular weight excluding hydrogens is 300 g/mol. The van der Waals surface area contributed by atoms with Crippen LogP contribution in [0.5, 0.6) is 11.5 Å². The second-order valence-electron chi connectivity index (χ2n) is 6.43. The van der Waals surface area contributed by atoms with Crippen LogP contribution in [0, 0.1) is 0 Å². The highest BCUT2D eigenvalue weighted by Gasteiger charge is 2.22. The summed E-state index contributed by atoms with van der Waals surface area (Å²) in [5.74, 6) is 1.61. The van der Waals surface area contributed by atoms with E-state index in [1.807, 2.05) is 0 Å². The van der Waals surface area contributed by atoms with Gasteiger partial charge in [-0.1, -0.05) is 12.1 Å². The molecule has 0 bridgehead atoms. The molecule has 128 valence electrons. The van der Waals surface area contributed by atoms with Gasteiger partial charge in [-0.05, 0) is 60.3 Å². The number of nitrogens with zero attached hydrogens (tertiary/aromatic N) is 1. The van der Waals surface area contributed by atoms with E-state index in [2.05, 4.69) is 60.7 Å². The monoisotopic (exact) mass is 326 g/mol. The highest BCUT2D eigenvalue weighted by molar-refractivity contribution is 5.50. The Morgan fingerprint density at radius 3 is 2.33 bits per heavy atom. The Morgan fingerprint density at radius 1 is 1.04 bits per heavy atom. The highest BCUT2D eigenvalue weighted by Crippen LogP contribution is 2.36. The van der Waals surface area contributed by atoms with Crippen molar-refractivity contribution in [1.29, 1.82) is 0 Å². The molecule has 1 unspecified atom stereocenters. The van der Waals surface area contributed by atoms with E-state index in [4.69, 9.17) is 9.47 Å². The number of ether oxygens (including phenoxy) is 2. The van der Waals surface area contributed by atoms with Crippen LogP contribution in [0.1, 0.15) is 22.7 Å². The number of hydrogen-bond acceptors (Lipinski definition) is 4. The van der Waals surface area contributed by atoms with Crippen molar-refractivity contribution >= 4 is 5.69 Å². The van der Waals surface area contributed by atoms with Gasteiger partial charge >= 0.3 is 0 Å². The molecule has 0 amide bonds. The average molecular weight is 326 g/mol. The highest BCUT2D eigenvalue weighted by atomic mass is 16.5. The maximum absolute atomic E-state index is 5.48. The van der Waals surface area contributed by atoms with Crippen LogP contribution in [0.2, 0.25) is 0 Å². The smallest absolute Gasteiger partial charge is 0.161 e. The second kappa shape index (κ2) is 7.14. The standard InChI is InChI=1S/C20H26N2O2/c1-22(2)16-7-5-14(6-8-16)11-18-17-13-20(24-4)19(23-3)12-15(17)9-10-21-18/h5-8,12-13,18,21H,9-11H2,1-4H3. The van der Waals surface area contributed by atoms with Crippen LogP contribution in [0.25, 0.3) is 0 Å². The first-order valence-corrected chi connectivity index (χ1v) is 8.37. The van der Waals surface area contributed by atoms with Gasteiger partial charge in [0.1, 0.15) is 0 Å². The molecule has 1 heterocycles. The normalized spacial score (nSPS) is 16.4. The number of anilines is 1. The summed E-state index contributed by atoms with van der Waals surface area (Å²) in [7, 11) is 7.51. The van der Waals surface area contributed by atoms with E-state index >= 15 is 0 Å². The SMILES string of the molecule is COc1cc2c(cc1OC)C(Cc1ccc(N(C)C)cc1)NCC2. The predicted octanol–water partition coefficient (Wildman–Crippen LogP) is 3.20. The van der Waals surface area contributed by atoms with Gasteiger partial charge < -0.3 is 19.7 Å². The van der Waals surface area contributed by atoms with Gasteiger partial charge in [-0.2, -0.15) is 0 Å². The van der Waals surface area contributed by atoms with Gasteiger partial charge in [0.25, 0.3) is 0 Å². The van der Waals surface area contributed by atoms with Crippen molar-refractivity contribution in [2.75, 3.05) is 39.8 Å². The van der Waals surface area contributed by atoms with E-state index in [1.165, 1.54) is 22.4 Å². The lowest BCUT2D eigenvalue weighted by Gasteiger charge is -2.28. The Bertz CT molecular complexity index is 696. The number of hydrogen-bond donors (Lipinski definition) is 1. The summed E-state index contributed by atoms with van der Waals surface area (Å²) in [5, 5.41) is 3.64. The molecule has 1 atom stereocenters. The fraction of sp³-hybridized carbons (Fsp3) is 0.400. The molecule has 2 aromatic rings. The van der Waals surface area contributed by atoms with E-state index in [0.29, 0.717) is 6.04 Å². The maximum atomic E-state index is 5.48. The lowest BCUT2D eigenvalue weighted by atomic mass is 9.90. The molecule has 1 N–H and O–H groups in total. The van der Waals surface area contributed by atoms with Crippen LogP contribution in [0.4, 0.5) is 5.69 Å². The molecular formula is C20H26N2O2. The fourth-order valence-electron chi connectivity index (χ4n) is 3.32. The maximum Gasteiger partial charge on any atom is 0.161 e. The van der Waals surface area contributed by atoms with Gasteiger partial charge in [0.05, 0.1) is 14.2 Å². The number of fused-ring (bicyclic) bond motifs is 1. The van der Waals surface area contributed by atoms with Crippen LogP contribution in [-0.4, -0.2) is 34.9 Å². The van der Waals surface area contributed by atoms with Crippen molar-refractivity contribution in [2.45, 2.75) is 18.9 Å². The van der Waals surface area contributed by atoms with Crippen molar-refractivity contribution in [1.82, 2.24) is 5.32 Å². The zero-order valence-electron chi connectivity index (χ0n) is 14.9. The molecule has 4 heteroatoms. The molecule has 3 rings (SSSR count). The summed E-state index contributed by atoms with van der Waals surface area (Å²) in [4.78, 5) is 2.12. The van der Waals surface area contributed by atoms with Gasteiger partial charge in [0, 0.05) is 25.8 Å². The van der Waals surface area contributed by atoms with Crippen molar-refractivity contribution in [2.24, 2.45) is 0 Å². The summed E-state index contributed by atoms with van der Waals surface area (Å²) < 4.78 is 10.9. The molecule has 1 aliphatic heterocycles. The Labute approximate surface area is 144 Å². The summed E-state index contributed by atoms with van der Waals surface area (Å²) in [6, 6.07) is 13.3. The molecule has 0 spiro atoms. The third-order valence-electron chi connectivity index (χ3n) is 4.70. The molecule has 0 radical (unpaired) electrons. The van der Waals surface area contributed by atoms with Gasteiger partial charge in [0.15, 0.2) is 11.5 Å². The summed E-state index contributed by atoms with van der Waals surface area (Å²) >= 11 is 0. The van der Waals surface area contributed by atoms with Crippen molar-refractivity contribution in [3.05, 3.63) is 53.1 Å². The largest absolute Gasteiger partial charge is 0.493 e. The van der Waals surface area contributed by atoms with Gasteiger partial charge in [-0.25, -0.2) is 0 Å². The molecule has 0 saturated heterocycles. The van der Waals surface area contributed by atoms with E-state index in [0.717, 1.165) is 30.9 Å². The number of nitrogens with one attached hydrogen (secondary N) is 1. The minimum absolute atomic E-state index is 0.304. The molecule has 24 heavy (non-hydrogen) atoms. The minimum Gasteiger partial charge on any atom is -0.493 e. The Morgan fingerprint density at radius 2 is 1.71 bits per heavy atom. The lowest BCUT2D eigenvalue weighted by molar-refractivity contribution is 0.352. The van der Waals surface area contributed by atoms with Crippen molar-refractivity contribution in [3.63, 3.8) is 0 Å².